The summed E-state index contributed by atoms with van der Waals surface area (Å²) in [4.78, 5) is 22.4. The van der Waals surface area contributed by atoms with Crippen LogP contribution in [-0.2, 0) is 9.59 Å². The third-order valence-corrected chi connectivity index (χ3v) is 4.74. The molecule has 0 bridgehead atoms. The number of hydrogen-bond acceptors (Lipinski definition) is 2. The molecule has 120 valence electrons. The Kier molecular flexibility index (Phi) is 6.85. The van der Waals surface area contributed by atoms with E-state index in [1.54, 1.807) is 6.08 Å². The first-order chi connectivity index (χ1) is 10.3. The maximum absolute atomic E-state index is 11.5. The molecule has 1 rings (SSSR count). The van der Waals surface area contributed by atoms with Crippen LogP contribution in [0, 0.1) is 17.8 Å². The van der Waals surface area contributed by atoms with E-state index in [1.807, 2.05) is 6.08 Å². The van der Waals surface area contributed by atoms with Gasteiger partial charge in [0.25, 0.3) is 0 Å². The predicted molar refractivity (Wildman–Crippen MR) is 94.5 cm³/mol. The first kappa shape index (κ1) is 18.5. The van der Waals surface area contributed by atoms with Crippen molar-refractivity contribution in [2.75, 3.05) is 6.54 Å². The number of amides is 1. The van der Waals surface area contributed by atoms with E-state index in [0.29, 0.717) is 29.8 Å². The molecule has 4 heteroatoms. The van der Waals surface area contributed by atoms with E-state index in [1.165, 1.54) is 12.5 Å². The summed E-state index contributed by atoms with van der Waals surface area (Å²) < 4.78 is 0. The minimum atomic E-state index is -0.0287. The number of allylic oxidation sites excluding steroid dienone is 5. The summed E-state index contributed by atoms with van der Waals surface area (Å²) in [7, 11) is 2.25. The number of carbonyl (C=O) groups excluding carboxylic acids is 2. The molecule has 0 aromatic heterocycles. The Bertz CT molecular complexity index is 499. The summed E-state index contributed by atoms with van der Waals surface area (Å²) in [5.41, 5.74) is 2.94. The highest BCUT2D eigenvalue weighted by molar-refractivity contribution is 6.14. The Morgan fingerprint density at radius 2 is 2.00 bits per heavy atom. The van der Waals surface area contributed by atoms with Crippen LogP contribution in [0.25, 0.3) is 0 Å². The third-order valence-electron chi connectivity index (χ3n) is 4.74. The van der Waals surface area contributed by atoms with Gasteiger partial charge in [0.2, 0.25) is 5.91 Å². The highest BCUT2D eigenvalue weighted by atomic mass is 16.1. The van der Waals surface area contributed by atoms with Gasteiger partial charge in [-0.3, -0.25) is 9.59 Å². The predicted octanol–water partition coefficient (Wildman–Crippen LogP) is 2.46. The number of carbonyl (C=O) groups is 2. The lowest BCUT2D eigenvalue weighted by Gasteiger charge is -2.14. The summed E-state index contributed by atoms with van der Waals surface area (Å²) in [6.07, 6.45) is 5.43. The number of rotatable bonds is 8. The fraction of sp³-hybridized carbons (Fsp3) is 0.556. The maximum atomic E-state index is 11.5. The lowest BCUT2D eigenvalue weighted by molar-refractivity contribution is -0.119. The largest absolute Gasteiger partial charge is 0.356 e. The van der Waals surface area contributed by atoms with E-state index in [9.17, 15) is 9.59 Å². The van der Waals surface area contributed by atoms with Crippen molar-refractivity contribution in [3.8, 4) is 0 Å². The molecule has 1 aliphatic carbocycles. The fourth-order valence-electron chi connectivity index (χ4n) is 3.12. The second kappa shape index (κ2) is 8.16. The Labute approximate surface area is 135 Å². The first-order valence-electron chi connectivity index (χ1n) is 8.05. The summed E-state index contributed by atoms with van der Waals surface area (Å²) in [6.45, 7) is 12.4. The Balaban J connectivity index is 2.83. The van der Waals surface area contributed by atoms with Crippen molar-refractivity contribution < 1.29 is 9.59 Å². The van der Waals surface area contributed by atoms with Crippen LogP contribution in [0.4, 0.5) is 0 Å². The molecule has 0 aromatic carbocycles. The van der Waals surface area contributed by atoms with Crippen LogP contribution >= 0.6 is 0 Å². The maximum Gasteiger partial charge on any atom is 0.216 e. The Morgan fingerprint density at radius 1 is 1.41 bits per heavy atom. The highest BCUT2D eigenvalue weighted by Crippen LogP contribution is 2.53. The normalized spacial score (nSPS) is 26.7. The molecule has 1 amide bonds. The SMILES string of the molecule is BC1C(/C(C)=C/C(C=O)=C(\C=C)CC(C)CNC(C)=O)[C@@H]1C. The van der Waals surface area contributed by atoms with E-state index >= 15 is 0 Å². The van der Waals surface area contributed by atoms with Crippen molar-refractivity contribution in [2.24, 2.45) is 17.8 Å². The molecule has 4 atom stereocenters. The van der Waals surface area contributed by atoms with Gasteiger partial charge in [-0.1, -0.05) is 44.0 Å². The van der Waals surface area contributed by atoms with Gasteiger partial charge in [0.05, 0.1) is 0 Å². The molecule has 1 N–H and O–H groups in total. The third kappa shape index (κ3) is 5.01. The van der Waals surface area contributed by atoms with Crippen molar-refractivity contribution in [1.29, 1.82) is 0 Å². The molecule has 0 aliphatic heterocycles. The summed E-state index contributed by atoms with van der Waals surface area (Å²) in [6, 6.07) is 0. The van der Waals surface area contributed by atoms with Crippen molar-refractivity contribution in [1.82, 2.24) is 5.32 Å². The van der Waals surface area contributed by atoms with E-state index in [2.05, 4.69) is 40.5 Å². The molecule has 3 unspecified atom stereocenters. The Morgan fingerprint density at radius 3 is 2.41 bits per heavy atom. The van der Waals surface area contributed by atoms with E-state index in [4.69, 9.17) is 0 Å². The summed E-state index contributed by atoms with van der Waals surface area (Å²) >= 11 is 0. The van der Waals surface area contributed by atoms with Gasteiger partial charge in [-0.15, -0.1) is 0 Å². The first-order valence-corrected chi connectivity index (χ1v) is 8.05. The minimum Gasteiger partial charge on any atom is -0.356 e. The van der Waals surface area contributed by atoms with Gasteiger partial charge < -0.3 is 5.32 Å². The zero-order valence-electron chi connectivity index (χ0n) is 14.5. The second-order valence-electron chi connectivity index (χ2n) is 6.68. The van der Waals surface area contributed by atoms with Crippen LogP contribution in [0.2, 0.25) is 5.82 Å². The molecule has 0 saturated heterocycles. The van der Waals surface area contributed by atoms with Crippen molar-refractivity contribution >= 4 is 20.0 Å². The van der Waals surface area contributed by atoms with E-state index < -0.39 is 0 Å². The van der Waals surface area contributed by atoms with Crippen LogP contribution in [0.3, 0.4) is 0 Å². The van der Waals surface area contributed by atoms with E-state index in [-0.39, 0.29) is 11.8 Å². The molecule has 0 radical (unpaired) electrons. The fourth-order valence-corrected chi connectivity index (χ4v) is 3.12. The lowest BCUT2D eigenvalue weighted by Crippen LogP contribution is -2.25. The minimum absolute atomic E-state index is 0.0287. The summed E-state index contributed by atoms with van der Waals surface area (Å²) in [5.74, 6) is 2.24. The van der Waals surface area contributed by atoms with Crippen LogP contribution in [0.5, 0.6) is 0 Å². The van der Waals surface area contributed by atoms with Crippen LogP contribution in [0.15, 0.2) is 35.5 Å². The average Bonchev–Trinajstić information content (AvgIpc) is 3.07. The van der Waals surface area contributed by atoms with Crippen LogP contribution in [-0.4, -0.2) is 26.6 Å². The lowest BCUT2D eigenvalue weighted by atomic mass is 9.93. The number of nitrogens with one attached hydrogen (secondary N) is 1. The van der Waals surface area contributed by atoms with Gasteiger partial charge in [-0.25, -0.2) is 0 Å². The average molecular weight is 301 g/mol. The van der Waals surface area contributed by atoms with E-state index in [0.717, 1.165) is 18.3 Å². The smallest absolute Gasteiger partial charge is 0.216 e. The van der Waals surface area contributed by atoms with Crippen molar-refractivity contribution in [3.63, 3.8) is 0 Å². The second-order valence-corrected chi connectivity index (χ2v) is 6.68. The van der Waals surface area contributed by atoms with Gasteiger partial charge in [0.1, 0.15) is 14.1 Å². The zero-order chi connectivity index (χ0) is 16.9. The molecule has 3 nitrogen and oxygen atoms in total. The number of aldehydes is 1. The highest BCUT2D eigenvalue weighted by Gasteiger charge is 2.43. The van der Waals surface area contributed by atoms with Crippen molar-refractivity contribution in [3.05, 3.63) is 35.5 Å². The van der Waals surface area contributed by atoms with Gasteiger partial charge in [0, 0.05) is 19.0 Å². The molecule has 0 heterocycles. The van der Waals surface area contributed by atoms with Crippen molar-refractivity contribution in [2.45, 2.75) is 39.9 Å². The van der Waals surface area contributed by atoms with Gasteiger partial charge in [-0.05, 0) is 36.7 Å². The zero-order valence-corrected chi connectivity index (χ0v) is 14.5. The van der Waals surface area contributed by atoms with Gasteiger partial charge >= 0.3 is 0 Å². The molecule has 1 aliphatic rings. The van der Waals surface area contributed by atoms with Gasteiger partial charge in [0.15, 0.2) is 0 Å². The molecule has 0 aromatic rings. The molecule has 1 saturated carbocycles. The topological polar surface area (TPSA) is 46.2 Å². The number of hydrogen-bond donors (Lipinski definition) is 1. The Hall–Kier alpha value is -1.58. The van der Waals surface area contributed by atoms with Gasteiger partial charge in [-0.2, -0.15) is 0 Å². The molecular weight excluding hydrogens is 273 g/mol. The standard InChI is InChI=1S/C18H28BNO2/c1-6-15(7-11(2)9-20-14(5)22)16(10-21)8-12(3)17-13(4)18(17)19/h6,8,10-11,13,17-18H,1,7,9,19H2,2-5H3,(H,20,22)/b12-8+,16-15-/t11?,13-,17?,18?/m0/s1. The van der Waals surface area contributed by atoms with Crippen LogP contribution < -0.4 is 5.32 Å². The molecule has 0 spiro atoms. The quantitative estimate of drug-likeness (QED) is 0.324. The molecule has 22 heavy (non-hydrogen) atoms. The monoisotopic (exact) mass is 301 g/mol. The molecule has 1 fully saturated rings. The molecular formula is C18H28BNO2. The van der Waals surface area contributed by atoms with Crippen LogP contribution in [0.1, 0.15) is 34.1 Å². The summed E-state index contributed by atoms with van der Waals surface area (Å²) in [5, 5.41) is 2.81.